The van der Waals surface area contributed by atoms with Crippen LogP contribution in [0.2, 0.25) is 5.15 Å². The largest absolute Gasteiger partial charge is 0.492 e. The van der Waals surface area contributed by atoms with Gasteiger partial charge in [0.05, 0.1) is 16.8 Å². The zero-order chi connectivity index (χ0) is 28.7. The van der Waals surface area contributed by atoms with Gasteiger partial charge in [-0.25, -0.2) is 14.6 Å². The number of benzene rings is 2. The van der Waals surface area contributed by atoms with E-state index in [1.807, 2.05) is 52.0 Å². The Morgan fingerprint density at radius 3 is 2.20 bits per heavy atom. The Morgan fingerprint density at radius 2 is 1.62 bits per heavy atom. The van der Waals surface area contributed by atoms with Gasteiger partial charge >= 0.3 is 19.2 Å². The van der Waals surface area contributed by atoms with E-state index >= 15 is 0 Å². The van der Waals surface area contributed by atoms with Gasteiger partial charge in [0, 0.05) is 24.2 Å². The molecule has 5 rings (SSSR count). The number of ether oxygens (including phenoxy) is 1. The van der Waals surface area contributed by atoms with Gasteiger partial charge in [-0.2, -0.15) is 0 Å². The number of halogens is 1. The number of carbonyl (C=O) groups excluding carboxylic acids is 1. The molecule has 1 aliphatic heterocycles. The lowest BCUT2D eigenvalue weighted by Gasteiger charge is -2.32. The van der Waals surface area contributed by atoms with Crippen molar-refractivity contribution in [1.29, 1.82) is 0 Å². The molecular formula is C30H30BClN2O6. The van der Waals surface area contributed by atoms with Crippen LogP contribution in [0.25, 0.3) is 17.2 Å². The van der Waals surface area contributed by atoms with E-state index in [9.17, 15) is 14.7 Å². The van der Waals surface area contributed by atoms with E-state index < -0.39 is 30.4 Å². The monoisotopic (exact) mass is 560 g/mol. The van der Waals surface area contributed by atoms with Crippen LogP contribution in [0.15, 0.2) is 66.3 Å². The number of pyridine rings is 1. The molecule has 1 amide bonds. The maximum atomic E-state index is 12.9. The molecule has 2 aliphatic rings. The maximum Gasteiger partial charge on any atom is 0.492 e. The van der Waals surface area contributed by atoms with Crippen molar-refractivity contribution in [3.63, 3.8) is 0 Å². The van der Waals surface area contributed by atoms with Crippen LogP contribution in [0.1, 0.15) is 60.7 Å². The van der Waals surface area contributed by atoms with Crippen molar-refractivity contribution in [3.05, 3.63) is 93.7 Å². The minimum atomic E-state index is -1.13. The number of hydrogen-bond acceptors (Lipinski definition) is 6. The minimum Gasteiger partial charge on any atom is -0.478 e. The van der Waals surface area contributed by atoms with Crippen LogP contribution < -0.4 is 5.32 Å². The first-order chi connectivity index (χ1) is 19.0. The van der Waals surface area contributed by atoms with E-state index in [1.54, 1.807) is 6.08 Å². The van der Waals surface area contributed by atoms with Crippen molar-refractivity contribution in [2.75, 3.05) is 13.2 Å². The summed E-state index contributed by atoms with van der Waals surface area (Å²) in [5.74, 6) is -1.20. The Bertz CT molecular complexity index is 1440. The second-order valence-electron chi connectivity index (χ2n) is 10.9. The molecular weight excluding hydrogens is 531 g/mol. The van der Waals surface area contributed by atoms with Crippen molar-refractivity contribution in [3.8, 4) is 11.1 Å². The number of alkyl carbamates (subject to hydrolysis) is 1. The third kappa shape index (κ3) is 5.37. The number of nitrogens with one attached hydrogen (secondary N) is 1. The summed E-state index contributed by atoms with van der Waals surface area (Å²) in [4.78, 5) is 28.4. The molecule has 0 saturated carbocycles. The summed E-state index contributed by atoms with van der Waals surface area (Å²) >= 11 is 6.29. The number of carboxylic acid groups (broad SMARTS) is 1. The van der Waals surface area contributed by atoms with Gasteiger partial charge in [-0.05, 0) is 61.5 Å². The van der Waals surface area contributed by atoms with Gasteiger partial charge in [0.25, 0.3) is 0 Å². The molecule has 40 heavy (non-hydrogen) atoms. The van der Waals surface area contributed by atoms with Gasteiger partial charge in [0.2, 0.25) is 0 Å². The first-order valence-electron chi connectivity index (χ1n) is 13.0. The normalized spacial score (nSPS) is 17.3. The van der Waals surface area contributed by atoms with Crippen LogP contribution in [0.4, 0.5) is 4.79 Å². The second-order valence-corrected chi connectivity index (χ2v) is 11.3. The third-order valence-corrected chi connectivity index (χ3v) is 8.11. The van der Waals surface area contributed by atoms with Gasteiger partial charge in [-0.1, -0.05) is 66.2 Å². The van der Waals surface area contributed by atoms with Crippen molar-refractivity contribution in [1.82, 2.24) is 10.3 Å². The maximum absolute atomic E-state index is 12.9. The Morgan fingerprint density at radius 1 is 1.05 bits per heavy atom. The molecule has 1 aliphatic carbocycles. The Kier molecular flexibility index (Phi) is 7.48. The predicted molar refractivity (Wildman–Crippen MR) is 153 cm³/mol. The number of aromatic nitrogens is 1. The van der Waals surface area contributed by atoms with E-state index in [2.05, 4.69) is 34.6 Å². The Balaban J connectivity index is 1.34. The quantitative estimate of drug-likeness (QED) is 0.270. The summed E-state index contributed by atoms with van der Waals surface area (Å²) in [6.07, 6.45) is 2.21. The Hall–Kier alpha value is -3.66. The van der Waals surface area contributed by atoms with Crippen LogP contribution in [-0.2, 0) is 14.0 Å². The second kappa shape index (κ2) is 10.7. The molecule has 1 fully saturated rings. The SMILES string of the molecule is CC1(C)OB(C(=Cc2cc(C(=O)O)cnc2Cl)CNC(=O)OCC2c3ccccc3-c3ccccc32)OC1(C)C. The first kappa shape index (κ1) is 27.9. The molecule has 0 unspecified atom stereocenters. The van der Waals surface area contributed by atoms with Crippen LogP contribution >= 0.6 is 11.6 Å². The van der Waals surface area contributed by atoms with Gasteiger partial charge in [-0.3, -0.25) is 0 Å². The molecule has 0 spiro atoms. The smallest absolute Gasteiger partial charge is 0.478 e. The minimum absolute atomic E-state index is 0.0150. The fraction of sp³-hybridized carbons (Fsp3) is 0.300. The highest BCUT2D eigenvalue weighted by Crippen LogP contribution is 2.44. The van der Waals surface area contributed by atoms with E-state index in [0.717, 1.165) is 22.3 Å². The molecule has 0 atom stereocenters. The van der Waals surface area contributed by atoms with Crippen LogP contribution in [0, 0.1) is 0 Å². The van der Waals surface area contributed by atoms with Crippen molar-refractivity contribution < 1.29 is 28.7 Å². The van der Waals surface area contributed by atoms with E-state index in [4.69, 9.17) is 25.6 Å². The summed E-state index contributed by atoms with van der Waals surface area (Å²) in [6.45, 7) is 7.87. The summed E-state index contributed by atoms with van der Waals surface area (Å²) in [5.41, 5.74) is 4.13. The van der Waals surface area contributed by atoms with Gasteiger partial charge < -0.3 is 24.5 Å². The predicted octanol–water partition coefficient (Wildman–Crippen LogP) is 5.99. The number of nitrogens with zero attached hydrogens (tertiary/aromatic N) is 1. The average Bonchev–Trinajstić information content (AvgIpc) is 3.35. The molecule has 2 N–H and O–H groups in total. The van der Waals surface area contributed by atoms with Gasteiger partial charge in [-0.15, -0.1) is 0 Å². The number of rotatable bonds is 7. The molecule has 1 saturated heterocycles. The lowest BCUT2D eigenvalue weighted by molar-refractivity contribution is 0.00578. The standard InChI is InChI=1S/C30H30BClN2O6/c1-29(2)30(3,4)40-31(39-29)20(14-18-13-19(27(35)36)15-33-26(18)32)16-34-28(37)38-17-25-23-11-7-5-9-21(23)22-10-6-8-12-24(22)25/h5-15,25H,16-17H2,1-4H3,(H,34,37)(H,35,36). The van der Waals surface area contributed by atoms with Crippen LogP contribution in [-0.4, -0.2) is 53.6 Å². The van der Waals surface area contributed by atoms with E-state index in [1.165, 1.54) is 12.3 Å². The molecule has 2 aromatic carbocycles. The number of amides is 1. The number of carbonyl (C=O) groups is 2. The highest BCUT2D eigenvalue weighted by molar-refractivity contribution is 6.56. The topological polar surface area (TPSA) is 107 Å². The molecule has 3 aromatic rings. The Labute approximate surface area is 238 Å². The van der Waals surface area contributed by atoms with E-state index in [0.29, 0.717) is 11.0 Å². The first-order valence-corrected chi connectivity index (χ1v) is 13.4. The highest BCUT2D eigenvalue weighted by atomic mass is 35.5. The van der Waals surface area contributed by atoms with Crippen molar-refractivity contribution in [2.45, 2.75) is 44.8 Å². The number of hydrogen-bond donors (Lipinski definition) is 2. The number of carboxylic acids is 1. The number of aromatic carboxylic acids is 1. The number of fused-ring (bicyclic) bond motifs is 3. The van der Waals surface area contributed by atoms with Gasteiger partial charge in [0.1, 0.15) is 11.8 Å². The summed E-state index contributed by atoms with van der Waals surface area (Å²) < 4.78 is 18.1. The zero-order valence-corrected chi connectivity index (χ0v) is 23.5. The fourth-order valence-corrected chi connectivity index (χ4v) is 5.06. The summed E-state index contributed by atoms with van der Waals surface area (Å²) in [7, 11) is -0.816. The zero-order valence-electron chi connectivity index (χ0n) is 22.7. The van der Waals surface area contributed by atoms with Crippen molar-refractivity contribution in [2.24, 2.45) is 0 Å². The van der Waals surface area contributed by atoms with Gasteiger partial charge in [0.15, 0.2) is 0 Å². The summed E-state index contributed by atoms with van der Waals surface area (Å²) in [6, 6.07) is 17.7. The highest BCUT2D eigenvalue weighted by Gasteiger charge is 2.52. The summed E-state index contributed by atoms with van der Waals surface area (Å²) in [5, 5.41) is 12.3. The average molecular weight is 561 g/mol. The lowest BCUT2D eigenvalue weighted by atomic mass is 9.77. The lowest BCUT2D eigenvalue weighted by Crippen LogP contribution is -2.41. The van der Waals surface area contributed by atoms with Crippen LogP contribution in [0.3, 0.4) is 0 Å². The molecule has 2 heterocycles. The molecule has 1 aromatic heterocycles. The molecule has 206 valence electrons. The fourth-order valence-electron chi connectivity index (χ4n) is 4.90. The van der Waals surface area contributed by atoms with E-state index in [-0.39, 0.29) is 29.8 Å². The molecule has 8 nitrogen and oxygen atoms in total. The molecule has 10 heteroatoms. The molecule has 0 radical (unpaired) electrons. The molecule has 0 bridgehead atoms. The van der Waals surface area contributed by atoms with Crippen molar-refractivity contribution >= 4 is 36.9 Å². The van der Waals surface area contributed by atoms with Crippen LogP contribution in [0.5, 0.6) is 0 Å². The third-order valence-electron chi connectivity index (χ3n) is 7.79.